The number of piperidine rings is 1. The van der Waals surface area contributed by atoms with Gasteiger partial charge in [0.2, 0.25) is 11.9 Å². The first-order valence-corrected chi connectivity index (χ1v) is 11.6. The van der Waals surface area contributed by atoms with Gasteiger partial charge < -0.3 is 14.5 Å². The van der Waals surface area contributed by atoms with E-state index in [1.807, 2.05) is 20.0 Å². The Balaban J connectivity index is 1.40. The summed E-state index contributed by atoms with van der Waals surface area (Å²) in [5.74, 6) is 0.667. The van der Waals surface area contributed by atoms with Crippen molar-refractivity contribution in [3.63, 3.8) is 0 Å². The van der Waals surface area contributed by atoms with Crippen molar-refractivity contribution in [2.24, 2.45) is 0 Å². The molecule has 0 radical (unpaired) electrons. The number of carbonyl (C=O) groups excluding carboxylic acids is 1. The fourth-order valence-corrected chi connectivity index (χ4v) is 4.96. The van der Waals surface area contributed by atoms with Crippen LogP contribution in [0, 0.1) is 0 Å². The van der Waals surface area contributed by atoms with Crippen molar-refractivity contribution in [1.82, 2.24) is 24.6 Å². The molecule has 0 N–H and O–H groups in total. The lowest BCUT2D eigenvalue weighted by Crippen LogP contribution is -2.49. The van der Waals surface area contributed by atoms with Crippen LogP contribution in [0.3, 0.4) is 0 Å². The SMILES string of the molecule is C[C@@H]1CN(C(=O)Cn2nc3c(cc2=O)CCc2nc(N4CCCCC4)ncc2-3)C[C@H](C)O1. The van der Waals surface area contributed by atoms with Crippen LogP contribution in [0.1, 0.15) is 44.4 Å². The summed E-state index contributed by atoms with van der Waals surface area (Å²) in [4.78, 5) is 39.0. The topological polar surface area (TPSA) is 93.5 Å². The average Bonchev–Trinajstić information content (AvgIpc) is 2.79. The van der Waals surface area contributed by atoms with Gasteiger partial charge in [-0.25, -0.2) is 14.6 Å². The van der Waals surface area contributed by atoms with E-state index >= 15 is 0 Å². The van der Waals surface area contributed by atoms with Gasteiger partial charge >= 0.3 is 0 Å². The number of anilines is 1. The zero-order valence-electron chi connectivity index (χ0n) is 18.8. The molecule has 2 saturated heterocycles. The van der Waals surface area contributed by atoms with Crippen LogP contribution in [-0.2, 0) is 28.9 Å². The van der Waals surface area contributed by atoms with Crippen molar-refractivity contribution in [3.05, 3.63) is 33.9 Å². The summed E-state index contributed by atoms with van der Waals surface area (Å²) >= 11 is 0. The molecule has 2 atom stereocenters. The highest BCUT2D eigenvalue weighted by molar-refractivity contribution is 5.76. The van der Waals surface area contributed by atoms with Gasteiger partial charge in [-0.2, -0.15) is 5.10 Å². The van der Waals surface area contributed by atoms with Crippen LogP contribution in [0.4, 0.5) is 5.95 Å². The quantitative estimate of drug-likeness (QED) is 0.716. The maximum absolute atomic E-state index is 12.9. The number of nitrogens with zero attached hydrogens (tertiary/aromatic N) is 6. The molecular weight excluding hydrogens is 408 g/mol. The highest BCUT2D eigenvalue weighted by Crippen LogP contribution is 2.30. The van der Waals surface area contributed by atoms with Gasteiger partial charge in [0.15, 0.2) is 0 Å². The zero-order chi connectivity index (χ0) is 22.2. The lowest BCUT2D eigenvalue weighted by Gasteiger charge is -2.35. The first-order valence-electron chi connectivity index (χ1n) is 11.6. The maximum atomic E-state index is 12.9. The van der Waals surface area contributed by atoms with Crippen molar-refractivity contribution >= 4 is 11.9 Å². The fourth-order valence-electron chi connectivity index (χ4n) is 4.96. The molecule has 0 spiro atoms. The van der Waals surface area contributed by atoms with E-state index in [9.17, 15) is 9.59 Å². The van der Waals surface area contributed by atoms with Crippen molar-refractivity contribution in [2.45, 2.75) is 64.7 Å². The predicted octanol–water partition coefficient (Wildman–Crippen LogP) is 1.42. The van der Waals surface area contributed by atoms with Crippen LogP contribution >= 0.6 is 0 Å². The van der Waals surface area contributed by atoms with Crippen LogP contribution in [0.25, 0.3) is 11.3 Å². The van der Waals surface area contributed by atoms with Crippen LogP contribution in [0.2, 0.25) is 0 Å². The zero-order valence-corrected chi connectivity index (χ0v) is 18.8. The van der Waals surface area contributed by atoms with Gasteiger partial charge in [0.25, 0.3) is 5.56 Å². The molecule has 0 saturated carbocycles. The van der Waals surface area contributed by atoms with Crippen LogP contribution < -0.4 is 10.5 Å². The minimum absolute atomic E-state index is 0.0194. The molecule has 1 aliphatic carbocycles. The molecule has 0 bridgehead atoms. The molecule has 1 amide bonds. The lowest BCUT2D eigenvalue weighted by molar-refractivity contribution is -0.144. The Bertz CT molecular complexity index is 1070. The van der Waals surface area contributed by atoms with Crippen molar-refractivity contribution in [3.8, 4) is 11.3 Å². The van der Waals surface area contributed by atoms with Gasteiger partial charge in [-0.1, -0.05) is 0 Å². The summed E-state index contributed by atoms with van der Waals surface area (Å²) in [7, 11) is 0. The molecule has 2 aromatic heterocycles. The molecule has 32 heavy (non-hydrogen) atoms. The summed E-state index contributed by atoms with van der Waals surface area (Å²) in [6, 6.07) is 1.61. The van der Waals surface area contributed by atoms with Gasteiger partial charge in [0.1, 0.15) is 6.54 Å². The number of amides is 1. The largest absolute Gasteiger partial charge is 0.372 e. The number of aromatic nitrogens is 4. The van der Waals surface area contributed by atoms with E-state index in [1.54, 1.807) is 11.0 Å². The molecule has 2 aliphatic heterocycles. The van der Waals surface area contributed by atoms with E-state index in [4.69, 9.17) is 9.72 Å². The Morgan fingerprint density at radius 2 is 1.88 bits per heavy atom. The van der Waals surface area contributed by atoms with Gasteiger partial charge in [0, 0.05) is 44.0 Å². The Labute approximate surface area is 187 Å². The van der Waals surface area contributed by atoms with Crippen LogP contribution in [0.15, 0.2) is 17.1 Å². The van der Waals surface area contributed by atoms with Gasteiger partial charge in [-0.3, -0.25) is 9.59 Å². The highest BCUT2D eigenvalue weighted by Gasteiger charge is 2.28. The number of carbonyl (C=O) groups is 1. The molecule has 2 aromatic rings. The number of hydrogen-bond acceptors (Lipinski definition) is 7. The molecule has 4 heterocycles. The molecule has 9 nitrogen and oxygen atoms in total. The predicted molar refractivity (Wildman–Crippen MR) is 120 cm³/mol. The molecule has 0 aromatic carbocycles. The Hall–Kier alpha value is -2.81. The molecule has 3 aliphatic rings. The average molecular weight is 439 g/mol. The van der Waals surface area contributed by atoms with E-state index in [1.165, 1.54) is 23.9 Å². The lowest BCUT2D eigenvalue weighted by atomic mass is 9.94. The third-order valence-electron chi connectivity index (χ3n) is 6.51. The normalized spacial score (nSPS) is 22.9. The van der Waals surface area contributed by atoms with E-state index in [2.05, 4.69) is 15.0 Å². The van der Waals surface area contributed by atoms with E-state index in [-0.39, 0.29) is 30.2 Å². The Morgan fingerprint density at radius 1 is 1.12 bits per heavy atom. The summed E-state index contributed by atoms with van der Waals surface area (Å²) in [5.41, 5.74) is 3.19. The second kappa shape index (κ2) is 8.61. The second-order valence-corrected chi connectivity index (χ2v) is 9.15. The van der Waals surface area contributed by atoms with Crippen molar-refractivity contribution < 1.29 is 9.53 Å². The number of morpholine rings is 1. The number of aryl methyl sites for hydroxylation is 2. The number of hydrogen-bond donors (Lipinski definition) is 0. The molecule has 0 unspecified atom stereocenters. The van der Waals surface area contributed by atoms with Crippen LogP contribution in [-0.4, -0.2) is 68.9 Å². The van der Waals surface area contributed by atoms with Gasteiger partial charge in [-0.15, -0.1) is 0 Å². The number of rotatable bonds is 3. The van der Waals surface area contributed by atoms with E-state index < -0.39 is 0 Å². The van der Waals surface area contributed by atoms with E-state index in [0.29, 0.717) is 25.2 Å². The Kier molecular flexibility index (Phi) is 5.67. The van der Waals surface area contributed by atoms with Crippen LogP contribution in [0.5, 0.6) is 0 Å². The molecule has 9 heteroatoms. The highest BCUT2D eigenvalue weighted by atomic mass is 16.5. The summed E-state index contributed by atoms with van der Waals surface area (Å²) in [6.07, 6.45) is 6.88. The van der Waals surface area contributed by atoms with Gasteiger partial charge in [-0.05, 0) is 51.5 Å². The number of ether oxygens (including phenoxy) is 1. The Morgan fingerprint density at radius 3 is 2.62 bits per heavy atom. The number of fused-ring (bicyclic) bond motifs is 3. The second-order valence-electron chi connectivity index (χ2n) is 9.15. The minimum Gasteiger partial charge on any atom is -0.372 e. The summed E-state index contributed by atoms with van der Waals surface area (Å²) in [5, 5.41) is 4.60. The minimum atomic E-state index is -0.249. The monoisotopic (exact) mass is 438 g/mol. The van der Waals surface area contributed by atoms with Crippen molar-refractivity contribution in [1.29, 1.82) is 0 Å². The molecule has 2 fully saturated rings. The van der Waals surface area contributed by atoms with E-state index in [0.717, 1.165) is 42.3 Å². The summed E-state index contributed by atoms with van der Waals surface area (Å²) in [6.45, 7) is 6.87. The van der Waals surface area contributed by atoms with Crippen molar-refractivity contribution in [2.75, 3.05) is 31.1 Å². The summed E-state index contributed by atoms with van der Waals surface area (Å²) < 4.78 is 6.99. The maximum Gasteiger partial charge on any atom is 0.267 e. The third kappa shape index (κ3) is 4.13. The molecule has 5 rings (SSSR count). The smallest absolute Gasteiger partial charge is 0.267 e. The fraction of sp³-hybridized carbons (Fsp3) is 0.609. The first kappa shape index (κ1) is 21.1. The van der Waals surface area contributed by atoms with Gasteiger partial charge in [0.05, 0.1) is 23.6 Å². The third-order valence-corrected chi connectivity index (χ3v) is 6.51. The molecular formula is C23H30N6O3. The molecule has 170 valence electrons. The first-order chi connectivity index (χ1) is 15.5. The standard InChI is InChI=1S/C23H30N6O3/c1-15-12-28(13-16(2)32-15)21(31)14-29-20(30)10-17-6-7-19-18(22(17)26-29)11-24-23(25-19)27-8-4-3-5-9-27/h10-11,15-16H,3-9,12-14H2,1-2H3/t15-,16+.